The lowest BCUT2D eigenvalue weighted by Gasteiger charge is -2.01. The molecule has 0 saturated carbocycles. The predicted molar refractivity (Wildman–Crippen MR) is 101 cm³/mol. The smallest absolute Gasteiger partial charge is 0.328 e. The molecule has 0 atom stereocenters. The van der Waals surface area contributed by atoms with Crippen LogP contribution in [0.1, 0.15) is 96.8 Å². The van der Waals surface area contributed by atoms with Gasteiger partial charge in [0.05, 0.1) is 0 Å². The average Bonchev–Trinajstić information content (AvgIpc) is 2.58. The highest BCUT2D eigenvalue weighted by Crippen LogP contribution is 2.10. The predicted octanol–water partition coefficient (Wildman–Crippen LogP) is 6.33. The van der Waals surface area contributed by atoms with Gasteiger partial charge in [-0.05, 0) is 32.1 Å². The van der Waals surface area contributed by atoms with Crippen LogP contribution < -0.4 is 0 Å². The average molecular weight is 359 g/mol. The molecular formula is C20H35ClO3. The zero-order chi connectivity index (χ0) is 17.9. The topological polar surface area (TPSA) is 43.4 Å². The van der Waals surface area contributed by atoms with E-state index in [0.717, 1.165) is 25.7 Å². The van der Waals surface area contributed by atoms with Crippen LogP contribution in [0.4, 0.5) is 0 Å². The first-order chi connectivity index (χ1) is 11.7. The van der Waals surface area contributed by atoms with Crippen molar-refractivity contribution in [1.82, 2.24) is 0 Å². The fourth-order valence-corrected chi connectivity index (χ4v) is 2.60. The number of esters is 2. The molecule has 0 spiro atoms. The van der Waals surface area contributed by atoms with E-state index in [1.165, 1.54) is 57.8 Å². The zero-order valence-corrected chi connectivity index (χ0v) is 16.1. The van der Waals surface area contributed by atoms with E-state index in [2.05, 4.69) is 23.8 Å². The summed E-state index contributed by atoms with van der Waals surface area (Å²) in [5.74, 6) is -1.38. The highest BCUT2D eigenvalue weighted by atomic mass is 35.5. The van der Waals surface area contributed by atoms with E-state index in [4.69, 9.17) is 11.6 Å². The summed E-state index contributed by atoms with van der Waals surface area (Å²) in [5.41, 5.74) is 0. The van der Waals surface area contributed by atoms with Gasteiger partial charge in [-0.2, -0.15) is 0 Å². The number of carbonyl (C=O) groups excluding carboxylic acids is 2. The first-order valence-electron chi connectivity index (χ1n) is 9.65. The summed E-state index contributed by atoms with van der Waals surface area (Å²) in [6, 6.07) is 0. The third-order valence-electron chi connectivity index (χ3n) is 3.98. The van der Waals surface area contributed by atoms with Gasteiger partial charge in [0.2, 0.25) is 0 Å². The quantitative estimate of drug-likeness (QED) is 0.106. The van der Waals surface area contributed by atoms with Gasteiger partial charge in [0, 0.05) is 6.42 Å². The standard InChI is InChI=1S/C20H35ClO3/c1-2-3-4-5-6-7-8-9-10-11-12-13-14-15-16-17-19(22)24-20(23)18-21/h9-10H,2-8,11-18H2,1H3/b10-9-. The zero-order valence-electron chi connectivity index (χ0n) is 15.4. The van der Waals surface area contributed by atoms with Gasteiger partial charge in [-0.15, -0.1) is 11.6 Å². The second-order valence-corrected chi connectivity index (χ2v) is 6.58. The van der Waals surface area contributed by atoms with Crippen LogP contribution in [0.5, 0.6) is 0 Å². The maximum absolute atomic E-state index is 11.2. The van der Waals surface area contributed by atoms with Crippen LogP contribution in [-0.4, -0.2) is 17.8 Å². The number of carbonyl (C=O) groups is 2. The fraction of sp³-hybridized carbons (Fsp3) is 0.800. The number of hydrogen-bond donors (Lipinski definition) is 0. The molecule has 3 nitrogen and oxygen atoms in total. The van der Waals surface area contributed by atoms with Gasteiger partial charge >= 0.3 is 11.9 Å². The molecule has 140 valence electrons. The van der Waals surface area contributed by atoms with Crippen molar-refractivity contribution in [3.05, 3.63) is 12.2 Å². The van der Waals surface area contributed by atoms with Crippen molar-refractivity contribution >= 4 is 23.5 Å². The summed E-state index contributed by atoms with van der Waals surface area (Å²) in [4.78, 5) is 22.0. The molecule has 0 bridgehead atoms. The molecule has 24 heavy (non-hydrogen) atoms. The molecule has 0 rings (SSSR count). The lowest BCUT2D eigenvalue weighted by molar-refractivity contribution is -0.157. The van der Waals surface area contributed by atoms with Gasteiger partial charge in [0.15, 0.2) is 0 Å². The van der Waals surface area contributed by atoms with Crippen LogP contribution in [0.15, 0.2) is 12.2 Å². The molecule has 0 amide bonds. The minimum Gasteiger partial charge on any atom is -0.392 e. The Morgan fingerprint density at radius 1 is 0.750 bits per heavy atom. The van der Waals surface area contributed by atoms with Crippen LogP contribution >= 0.6 is 11.6 Å². The molecule has 0 aromatic rings. The SMILES string of the molecule is CCCCCCCC/C=C\CCCCCCCC(=O)OC(=O)CCl. The molecular weight excluding hydrogens is 324 g/mol. The Labute approximate surface area is 153 Å². The maximum Gasteiger partial charge on any atom is 0.328 e. The van der Waals surface area contributed by atoms with Gasteiger partial charge in [-0.25, -0.2) is 0 Å². The van der Waals surface area contributed by atoms with E-state index in [1.54, 1.807) is 0 Å². The van der Waals surface area contributed by atoms with E-state index in [0.29, 0.717) is 6.42 Å². The summed E-state index contributed by atoms with van der Waals surface area (Å²) in [6.45, 7) is 2.25. The number of unbranched alkanes of at least 4 members (excludes halogenated alkanes) is 11. The summed E-state index contributed by atoms with van der Waals surface area (Å²) in [5, 5.41) is 0. The van der Waals surface area contributed by atoms with Gasteiger partial charge in [0.25, 0.3) is 0 Å². The lowest BCUT2D eigenvalue weighted by atomic mass is 10.1. The highest BCUT2D eigenvalue weighted by molar-refractivity contribution is 6.27. The van der Waals surface area contributed by atoms with E-state index in [1.807, 2.05) is 0 Å². The molecule has 0 aliphatic rings. The van der Waals surface area contributed by atoms with Crippen molar-refractivity contribution in [3.63, 3.8) is 0 Å². The Balaban J connectivity index is 3.23. The van der Waals surface area contributed by atoms with Crippen LogP contribution in [0.25, 0.3) is 0 Å². The minimum atomic E-state index is -0.658. The molecule has 0 N–H and O–H groups in total. The van der Waals surface area contributed by atoms with E-state index in [-0.39, 0.29) is 5.88 Å². The Morgan fingerprint density at radius 3 is 1.79 bits per heavy atom. The van der Waals surface area contributed by atoms with Crippen molar-refractivity contribution in [2.75, 3.05) is 5.88 Å². The van der Waals surface area contributed by atoms with Crippen molar-refractivity contribution in [3.8, 4) is 0 Å². The molecule has 0 saturated heterocycles. The molecule has 0 heterocycles. The van der Waals surface area contributed by atoms with Gasteiger partial charge in [0.1, 0.15) is 5.88 Å². The third-order valence-corrected chi connectivity index (χ3v) is 4.20. The second kappa shape index (κ2) is 18.5. The molecule has 4 heteroatoms. The number of rotatable bonds is 16. The normalized spacial score (nSPS) is 11.1. The molecule has 0 unspecified atom stereocenters. The maximum atomic E-state index is 11.2. The van der Waals surface area contributed by atoms with Crippen molar-refractivity contribution < 1.29 is 14.3 Å². The molecule has 0 aliphatic heterocycles. The number of alkyl halides is 1. The first kappa shape index (κ1) is 23.2. The number of allylic oxidation sites excluding steroid dienone is 2. The summed E-state index contributed by atoms with van der Waals surface area (Å²) in [7, 11) is 0. The van der Waals surface area contributed by atoms with Crippen LogP contribution in [0, 0.1) is 0 Å². The minimum absolute atomic E-state index is 0.266. The number of ether oxygens (including phenoxy) is 1. The molecule has 0 aromatic heterocycles. The van der Waals surface area contributed by atoms with E-state index >= 15 is 0 Å². The Kier molecular flexibility index (Phi) is 17.9. The first-order valence-corrected chi connectivity index (χ1v) is 10.2. The number of hydrogen-bond acceptors (Lipinski definition) is 3. The van der Waals surface area contributed by atoms with Crippen LogP contribution in [-0.2, 0) is 14.3 Å². The number of halogens is 1. The summed E-state index contributed by atoms with van der Waals surface area (Å²) in [6.07, 6.45) is 20.8. The van der Waals surface area contributed by atoms with Crippen molar-refractivity contribution in [2.24, 2.45) is 0 Å². The Hall–Kier alpha value is -0.830. The molecule has 0 radical (unpaired) electrons. The Morgan fingerprint density at radius 2 is 1.25 bits per heavy atom. The van der Waals surface area contributed by atoms with Gasteiger partial charge in [-0.1, -0.05) is 70.4 Å². The van der Waals surface area contributed by atoms with Crippen LogP contribution in [0.3, 0.4) is 0 Å². The Bertz CT molecular complexity index is 340. The van der Waals surface area contributed by atoms with E-state index in [9.17, 15) is 9.59 Å². The largest absolute Gasteiger partial charge is 0.392 e. The molecule has 0 fully saturated rings. The molecule has 0 aliphatic carbocycles. The molecule has 0 aromatic carbocycles. The highest BCUT2D eigenvalue weighted by Gasteiger charge is 2.08. The van der Waals surface area contributed by atoms with Crippen molar-refractivity contribution in [2.45, 2.75) is 96.8 Å². The van der Waals surface area contributed by atoms with Gasteiger partial charge < -0.3 is 4.74 Å². The van der Waals surface area contributed by atoms with Crippen molar-refractivity contribution in [1.29, 1.82) is 0 Å². The monoisotopic (exact) mass is 358 g/mol. The fourth-order valence-electron chi connectivity index (χ4n) is 2.55. The summed E-state index contributed by atoms with van der Waals surface area (Å²) >= 11 is 5.26. The lowest BCUT2D eigenvalue weighted by Crippen LogP contribution is -2.12. The van der Waals surface area contributed by atoms with Gasteiger partial charge in [-0.3, -0.25) is 9.59 Å². The summed E-state index contributed by atoms with van der Waals surface area (Å²) < 4.78 is 4.50. The van der Waals surface area contributed by atoms with E-state index < -0.39 is 11.9 Å². The second-order valence-electron chi connectivity index (χ2n) is 6.31. The third kappa shape index (κ3) is 17.5. The van der Waals surface area contributed by atoms with Crippen LogP contribution in [0.2, 0.25) is 0 Å².